The highest BCUT2D eigenvalue weighted by Crippen LogP contribution is 2.22. The molecule has 0 aliphatic carbocycles. The number of thiophene rings is 1. The van der Waals surface area contributed by atoms with Crippen LogP contribution in [0.25, 0.3) is 0 Å². The van der Waals surface area contributed by atoms with Crippen molar-refractivity contribution in [2.45, 2.75) is 25.8 Å². The minimum Gasteiger partial charge on any atom is -0.310 e. The fourth-order valence-electron chi connectivity index (χ4n) is 2.10. The standard InChI is InChI=1S/C15H18INS/c1-2-17-15(9-8-14-7-4-10-18-14)12-5-3-6-13(16)11-12/h3-7,10-11,15,17H,2,8-9H2,1H3. The van der Waals surface area contributed by atoms with Crippen LogP contribution in [0.1, 0.15) is 29.8 Å². The van der Waals surface area contributed by atoms with E-state index in [1.807, 2.05) is 11.3 Å². The Hall–Kier alpha value is -0.390. The lowest BCUT2D eigenvalue weighted by atomic mass is 10.0. The Labute approximate surface area is 127 Å². The lowest BCUT2D eigenvalue weighted by molar-refractivity contribution is 0.517. The minimum absolute atomic E-state index is 0.465. The van der Waals surface area contributed by atoms with Crippen LogP contribution in [0, 0.1) is 3.57 Å². The lowest BCUT2D eigenvalue weighted by Gasteiger charge is -2.18. The molecule has 0 aliphatic heterocycles. The first-order chi connectivity index (χ1) is 8.79. The van der Waals surface area contributed by atoms with Crippen molar-refractivity contribution in [2.75, 3.05) is 6.54 Å². The topological polar surface area (TPSA) is 12.0 Å². The van der Waals surface area contributed by atoms with E-state index in [9.17, 15) is 0 Å². The Kier molecular flexibility index (Phi) is 5.66. The molecule has 0 fully saturated rings. The van der Waals surface area contributed by atoms with Gasteiger partial charge in [0.1, 0.15) is 0 Å². The molecule has 1 nitrogen and oxygen atoms in total. The lowest BCUT2D eigenvalue weighted by Crippen LogP contribution is -2.21. The molecule has 0 saturated heterocycles. The molecule has 0 amide bonds. The zero-order valence-corrected chi connectivity index (χ0v) is 13.5. The van der Waals surface area contributed by atoms with Gasteiger partial charge in [0.2, 0.25) is 0 Å². The van der Waals surface area contributed by atoms with Gasteiger partial charge >= 0.3 is 0 Å². The second-order valence-electron chi connectivity index (χ2n) is 4.28. The maximum Gasteiger partial charge on any atom is 0.0323 e. The van der Waals surface area contributed by atoms with E-state index in [1.54, 1.807) is 0 Å². The molecule has 1 unspecified atom stereocenters. The van der Waals surface area contributed by atoms with Gasteiger partial charge in [0.25, 0.3) is 0 Å². The van der Waals surface area contributed by atoms with Crippen LogP contribution in [0.4, 0.5) is 0 Å². The zero-order valence-electron chi connectivity index (χ0n) is 10.5. The van der Waals surface area contributed by atoms with Crippen molar-refractivity contribution in [3.63, 3.8) is 0 Å². The predicted molar refractivity (Wildman–Crippen MR) is 88.2 cm³/mol. The molecule has 3 heteroatoms. The van der Waals surface area contributed by atoms with E-state index in [-0.39, 0.29) is 0 Å². The van der Waals surface area contributed by atoms with Crippen LogP contribution >= 0.6 is 33.9 Å². The largest absolute Gasteiger partial charge is 0.310 e. The highest BCUT2D eigenvalue weighted by Gasteiger charge is 2.10. The monoisotopic (exact) mass is 371 g/mol. The second kappa shape index (κ2) is 7.26. The van der Waals surface area contributed by atoms with Crippen LogP contribution in [0.15, 0.2) is 41.8 Å². The fourth-order valence-corrected chi connectivity index (χ4v) is 3.39. The van der Waals surface area contributed by atoms with E-state index in [4.69, 9.17) is 0 Å². The molecule has 1 atom stereocenters. The zero-order chi connectivity index (χ0) is 12.8. The van der Waals surface area contributed by atoms with Gasteiger partial charge in [0, 0.05) is 14.5 Å². The third-order valence-electron chi connectivity index (χ3n) is 2.96. The van der Waals surface area contributed by atoms with Crippen molar-refractivity contribution in [3.8, 4) is 0 Å². The summed E-state index contributed by atoms with van der Waals surface area (Å²) in [6.07, 6.45) is 2.31. The van der Waals surface area contributed by atoms with E-state index in [0.29, 0.717) is 6.04 Å². The summed E-state index contributed by atoms with van der Waals surface area (Å²) in [6.45, 7) is 3.19. The van der Waals surface area contributed by atoms with Gasteiger partial charge in [0.05, 0.1) is 0 Å². The Morgan fingerprint density at radius 2 is 2.17 bits per heavy atom. The first kappa shape index (κ1) is 14.0. The van der Waals surface area contributed by atoms with E-state index in [1.165, 1.54) is 14.0 Å². The van der Waals surface area contributed by atoms with Crippen molar-refractivity contribution in [3.05, 3.63) is 55.8 Å². The molecule has 1 N–H and O–H groups in total. The Bertz CT molecular complexity index is 467. The molecule has 1 aromatic heterocycles. The summed E-state index contributed by atoms with van der Waals surface area (Å²) in [7, 11) is 0. The van der Waals surface area contributed by atoms with Gasteiger partial charge < -0.3 is 5.32 Å². The quantitative estimate of drug-likeness (QED) is 0.730. The molecular formula is C15H18INS. The van der Waals surface area contributed by atoms with E-state index in [2.05, 4.69) is 76.6 Å². The molecule has 18 heavy (non-hydrogen) atoms. The van der Waals surface area contributed by atoms with E-state index in [0.717, 1.165) is 19.4 Å². The SMILES string of the molecule is CCNC(CCc1cccs1)c1cccc(I)c1. The van der Waals surface area contributed by atoms with Gasteiger partial charge in [-0.1, -0.05) is 25.1 Å². The number of hydrogen-bond acceptors (Lipinski definition) is 2. The minimum atomic E-state index is 0.465. The molecule has 2 aromatic rings. The van der Waals surface area contributed by atoms with Crippen molar-refractivity contribution >= 4 is 33.9 Å². The summed E-state index contributed by atoms with van der Waals surface area (Å²) in [6, 6.07) is 13.6. The number of rotatable bonds is 6. The van der Waals surface area contributed by atoms with Crippen LogP contribution in [0.3, 0.4) is 0 Å². The number of aryl methyl sites for hydroxylation is 1. The molecule has 0 aliphatic rings. The Morgan fingerprint density at radius 1 is 1.28 bits per heavy atom. The fraction of sp³-hybridized carbons (Fsp3) is 0.333. The molecule has 2 rings (SSSR count). The maximum atomic E-state index is 3.59. The third kappa shape index (κ3) is 4.07. The van der Waals surface area contributed by atoms with Gasteiger partial charge in [-0.05, 0) is 71.1 Å². The first-order valence-corrected chi connectivity index (χ1v) is 8.26. The average molecular weight is 371 g/mol. The smallest absolute Gasteiger partial charge is 0.0323 e. The summed E-state index contributed by atoms with van der Waals surface area (Å²) >= 11 is 4.23. The molecule has 0 spiro atoms. The van der Waals surface area contributed by atoms with Crippen LogP contribution < -0.4 is 5.32 Å². The van der Waals surface area contributed by atoms with Crippen molar-refractivity contribution in [1.82, 2.24) is 5.32 Å². The summed E-state index contributed by atoms with van der Waals surface area (Å²) in [5.74, 6) is 0. The van der Waals surface area contributed by atoms with Crippen molar-refractivity contribution in [2.24, 2.45) is 0 Å². The molecule has 1 heterocycles. The predicted octanol–water partition coefficient (Wildman–Crippen LogP) is 4.64. The van der Waals surface area contributed by atoms with E-state index >= 15 is 0 Å². The molecule has 1 aromatic carbocycles. The average Bonchev–Trinajstić information content (AvgIpc) is 2.87. The van der Waals surface area contributed by atoms with Crippen molar-refractivity contribution < 1.29 is 0 Å². The molecule has 0 saturated carbocycles. The van der Waals surface area contributed by atoms with Crippen LogP contribution in [-0.4, -0.2) is 6.54 Å². The van der Waals surface area contributed by atoms with Gasteiger partial charge in [-0.2, -0.15) is 0 Å². The maximum absolute atomic E-state index is 3.59. The van der Waals surface area contributed by atoms with Gasteiger partial charge in [0.15, 0.2) is 0 Å². The van der Waals surface area contributed by atoms with Gasteiger partial charge in [-0.15, -0.1) is 11.3 Å². The highest BCUT2D eigenvalue weighted by molar-refractivity contribution is 14.1. The van der Waals surface area contributed by atoms with E-state index < -0.39 is 0 Å². The van der Waals surface area contributed by atoms with Crippen LogP contribution in [0.5, 0.6) is 0 Å². The molecule has 96 valence electrons. The number of benzene rings is 1. The summed E-state index contributed by atoms with van der Waals surface area (Å²) in [4.78, 5) is 1.48. The third-order valence-corrected chi connectivity index (χ3v) is 4.57. The summed E-state index contributed by atoms with van der Waals surface area (Å²) < 4.78 is 1.31. The summed E-state index contributed by atoms with van der Waals surface area (Å²) in [5.41, 5.74) is 1.40. The summed E-state index contributed by atoms with van der Waals surface area (Å²) in [5, 5.41) is 5.75. The normalized spacial score (nSPS) is 12.6. The molecular weight excluding hydrogens is 353 g/mol. The van der Waals surface area contributed by atoms with Crippen LogP contribution in [-0.2, 0) is 6.42 Å². The van der Waals surface area contributed by atoms with Crippen LogP contribution in [0.2, 0.25) is 0 Å². The second-order valence-corrected chi connectivity index (χ2v) is 6.56. The van der Waals surface area contributed by atoms with Gasteiger partial charge in [-0.25, -0.2) is 0 Å². The number of hydrogen-bond donors (Lipinski definition) is 1. The van der Waals surface area contributed by atoms with Gasteiger partial charge in [-0.3, -0.25) is 0 Å². The number of nitrogens with one attached hydrogen (secondary N) is 1. The first-order valence-electron chi connectivity index (χ1n) is 6.31. The molecule has 0 radical (unpaired) electrons. The Morgan fingerprint density at radius 3 is 2.83 bits per heavy atom. The number of halogens is 1. The Balaban J connectivity index is 2.03. The van der Waals surface area contributed by atoms with Crippen molar-refractivity contribution in [1.29, 1.82) is 0 Å². The molecule has 0 bridgehead atoms. The highest BCUT2D eigenvalue weighted by atomic mass is 127.